The Hall–Kier alpha value is -2.63. The van der Waals surface area contributed by atoms with E-state index in [2.05, 4.69) is 10.2 Å². The number of nitrogens with one attached hydrogen (secondary N) is 1. The van der Waals surface area contributed by atoms with Crippen molar-refractivity contribution >= 4 is 11.9 Å². The van der Waals surface area contributed by atoms with Crippen molar-refractivity contribution in [2.45, 2.75) is 6.54 Å². The van der Waals surface area contributed by atoms with Gasteiger partial charge in [-0.15, -0.1) is 0 Å². The van der Waals surface area contributed by atoms with E-state index in [1.165, 1.54) is 17.3 Å². The number of aromatic nitrogens is 2. The fourth-order valence-corrected chi connectivity index (χ4v) is 1.72. The number of amides is 1. The summed E-state index contributed by atoms with van der Waals surface area (Å²) in [4.78, 5) is 24.3. The first-order valence-corrected chi connectivity index (χ1v) is 5.70. The summed E-state index contributed by atoms with van der Waals surface area (Å²) in [5, 5.41) is 15.1. The number of aliphatic carboxylic acids is 1. The van der Waals surface area contributed by atoms with Crippen LogP contribution in [-0.4, -0.2) is 38.6 Å². The van der Waals surface area contributed by atoms with Crippen molar-refractivity contribution in [1.82, 2.24) is 15.1 Å². The van der Waals surface area contributed by atoms with Crippen LogP contribution in [0.5, 0.6) is 0 Å². The van der Waals surface area contributed by atoms with Crippen LogP contribution in [0.3, 0.4) is 0 Å². The molecule has 6 heteroatoms. The Bertz CT molecular complexity index is 552. The Morgan fingerprint density at radius 2 is 2.00 bits per heavy atom. The monoisotopic (exact) mass is 259 g/mol. The van der Waals surface area contributed by atoms with Crippen LogP contribution < -0.4 is 0 Å². The minimum atomic E-state index is -1.05. The van der Waals surface area contributed by atoms with Crippen molar-refractivity contribution in [2.24, 2.45) is 0 Å². The normalized spacial score (nSPS) is 10.1. The number of hydrogen-bond acceptors (Lipinski definition) is 3. The zero-order valence-corrected chi connectivity index (χ0v) is 10.1. The lowest BCUT2D eigenvalue weighted by Gasteiger charge is -2.20. The lowest BCUT2D eigenvalue weighted by molar-refractivity contribution is -0.137. The third kappa shape index (κ3) is 3.41. The van der Waals surface area contributed by atoms with Crippen LogP contribution >= 0.6 is 0 Å². The first-order chi connectivity index (χ1) is 9.16. The van der Waals surface area contributed by atoms with Crippen LogP contribution in [0.15, 0.2) is 42.7 Å². The molecule has 2 rings (SSSR count). The molecule has 1 aromatic carbocycles. The average Bonchev–Trinajstić information content (AvgIpc) is 2.91. The molecule has 0 aliphatic heterocycles. The molecule has 0 saturated carbocycles. The van der Waals surface area contributed by atoms with Crippen LogP contribution in [0.4, 0.5) is 0 Å². The van der Waals surface area contributed by atoms with Gasteiger partial charge in [0.05, 0.1) is 11.8 Å². The Labute approximate surface area is 109 Å². The summed E-state index contributed by atoms with van der Waals surface area (Å²) < 4.78 is 0. The summed E-state index contributed by atoms with van der Waals surface area (Å²) in [7, 11) is 0. The number of carboxylic acid groups (broad SMARTS) is 1. The highest BCUT2D eigenvalue weighted by Gasteiger charge is 2.19. The predicted octanol–water partition coefficient (Wildman–Crippen LogP) is 1.14. The number of hydrogen-bond donors (Lipinski definition) is 2. The smallest absolute Gasteiger partial charge is 0.323 e. The highest BCUT2D eigenvalue weighted by Crippen LogP contribution is 2.08. The van der Waals surface area contributed by atoms with Gasteiger partial charge in [-0.1, -0.05) is 30.3 Å². The van der Waals surface area contributed by atoms with Gasteiger partial charge in [0.25, 0.3) is 5.91 Å². The summed E-state index contributed by atoms with van der Waals surface area (Å²) in [5.74, 6) is -1.41. The van der Waals surface area contributed by atoms with E-state index in [1.54, 1.807) is 0 Å². The van der Waals surface area contributed by atoms with Crippen molar-refractivity contribution in [3.8, 4) is 0 Å². The quantitative estimate of drug-likeness (QED) is 0.843. The average molecular weight is 259 g/mol. The van der Waals surface area contributed by atoms with Gasteiger partial charge in [0.2, 0.25) is 0 Å². The van der Waals surface area contributed by atoms with Gasteiger partial charge in [-0.25, -0.2) is 0 Å². The summed E-state index contributed by atoms with van der Waals surface area (Å²) in [6, 6.07) is 9.24. The molecular weight excluding hydrogens is 246 g/mol. The molecule has 0 aliphatic carbocycles. The van der Waals surface area contributed by atoms with E-state index in [0.29, 0.717) is 5.56 Å². The van der Waals surface area contributed by atoms with Gasteiger partial charge in [-0.05, 0) is 5.56 Å². The predicted molar refractivity (Wildman–Crippen MR) is 67.4 cm³/mol. The Morgan fingerprint density at radius 1 is 1.26 bits per heavy atom. The molecule has 0 fully saturated rings. The van der Waals surface area contributed by atoms with Crippen LogP contribution in [0.2, 0.25) is 0 Å². The summed E-state index contributed by atoms with van der Waals surface area (Å²) in [6.45, 7) is -0.101. The highest BCUT2D eigenvalue weighted by atomic mass is 16.4. The van der Waals surface area contributed by atoms with Gasteiger partial charge >= 0.3 is 5.97 Å². The summed E-state index contributed by atoms with van der Waals surface area (Å²) in [5.41, 5.74) is 1.22. The third-order valence-corrected chi connectivity index (χ3v) is 2.57. The van der Waals surface area contributed by atoms with Crippen LogP contribution in [-0.2, 0) is 11.3 Å². The van der Waals surface area contributed by atoms with E-state index in [0.717, 1.165) is 5.56 Å². The second kappa shape index (κ2) is 5.81. The van der Waals surface area contributed by atoms with Crippen molar-refractivity contribution in [1.29, 1.82) is 0 Å². The van der Waals surface area contributed by atoms with Gasteiger partial charge in [0.1, 0.15) is 6.54 Å². The van der Waals surface area contributed by atoms with Gasteiger partial charge in [0.15, 0.2) is 0 Å². The molecule has 0 saturated heterocycles. The number of carboxylic acids is 1. The zero-order chi connectivity index (χ0) is 13.7. The van der Waals surface area contributed by atoms with E-state index >= 15 is 0 Å². The van der Waals surface area contributed by atoms with Crippen LogP contribution in [0, 0.1) is 0 Å². The van der Waals surface area contributed by atoms with E-state index in [9.17, 15) is 9.59 Å². The van der Waals surface area contributed by atoms with Gasteiger partial charge in [0, 0.05) is 12.7 Å². The lowest BCUT2D eigenvalue weighted by atomic mass is 10.2. The maximum atomic E-state index is 12.1. The van der Waals surface area contributed by atoms with Crippen molar-refractivity contribution in [3.05, 3.63) is 53.9 Å². The lowest BCUT2D eigenvalue weighted by Crippen LogP contribution is -2.35. The fourth-order valence-electron chi connectivity index (χ4n) is 1.72. The number of rotatable bonds is 5. The van der Waals surface area contributed by atoms with E-state index in [1.807, 2.05) is 30.3 Å². The van der Waals surface area contributed by atoms with Gasteiger partial charge in [-0.2, -0.15) is 5.10 Å². The van der Waals surface area contributed by atoms with Crippen LogP contribution in [0.25, 0.3) is 0 Å². The number of benzene rings is 1. The molecule has 19 heavy (non-hydrogen) atoms. The molecule has 0 unspecified atom stereocenters. The maximum Gasteiger partial charge on any atom is 0.323 e. The highest BCUT2D eigenvalue weighted by molar-refractivity contribution is 5.95. The summed E-state index contributed by atoms with van der Waals surface area (Å²) in [6.07, 6.45) is 2.82. The van der Waals surface area contributed by atoms with Crippen LogP contribution in [0.1, 0.15) is 15.9 Å². The first kappa shape index (κ1) is 12.8. The number of carbonyl (C=O) groups excluding carboxylic acids is 1. The molecule has 0 atom stereocenters. The molecule has 2 aromatic rings. The Kier molecular flexibility index (Phi) is 3.92. The van der Waals surface area contributed by atoms with Crippen molar-refractivity contribution in [2.75, 3.05) is 6.54 Å². The molecule has 1 aromatic heterocycles. The molecule has 0 spiro atoms. The van der Waals surface area contributed by atoms with E-state index < -0.39 is 5.97 Å². The molecule has 0 bridgehead atoms. The van der Waals surface area contributed by atoms with Crippen molar-refractivity contribution in [3.63, 3.8) is 0 Å². The number of aromatic amines is 1. The Balaban J connectivity index is 2.16. The first-order valence-electron chi connectivity index (χ1n) is 5.70. The molecule has 2 N–H and O–H groups in total. The molecule has 0 radical (unpaired) electrons. The third-order valence-electron chi connectivity index (χ3n) is 2.57. The largest absolute Gasteiger partial charge is 0.480 e. The maximum absolute atomic E-state index is 12.1. The topological polar surface area (TPSA) is 86.3 Å². The van der Waals surface area contributed by atoms with E-state index in [4.69, 9.17) is 5.11 Å². The molecule has 98 valence electrons. The molecule has 0 aliphatic rings. The SMILES string of the molecule is O=C(O)CN(Cc1ccccc1)C(=O)c1cn[nH]c1. The van der Waals surface area contributed by atoms with E-state index in [-0.39, 0.29) is 19.0 Å². The van der Waals surface area contributed by atoms with Gasteiger partial charge < -0.3 is 10.0 Å². The minimum absolute atomic E-state index is 0.247. The fraction of sp³-hybridized carbons (Fsp3) is 0.154. The number of carbonyl (C=O) groups is 2. The molecular formula is C13H13N3O3. The molecule has 6 nitrogen and oxygen atoms in total. The summed E-state index contributed by atoms with van der Waals surface area (Å²) >= 11 is 0. The standard InChI is InChI=1S/C13H13N3O3/c17-12(18)9-16(8-10-4-2-1-3-5-10)13(19)11-6-14-15-7-11/h1-7H,8-9H2,(H,14,15)(H,17,18). The Morgan fingerprint density at radius 3 is 2.58 bits per heavy atom. The minimum Gasteiger partial charge on any atom is -0.480 e. The second-order valence-corrected chi connectivity index (χ2v) is 4.03. The van der Waals surface area contributed by atoms with Gasteiger partial charge in [-0.3, -0.25) is 14.7 Å². The number of H-pyrrole nitrogens is 1. The second-order valence-electron chi connectivity index (χ2n) is 4.03. The molecule has 1 heterocycles. The zero-order valence-electron chi connectivity index (χ0n) is 10.1. The van der Waals surface area contributed by atoms with Crippen molar-refractivity contribution < 1.29 is 14.7 Å². The molecule has 1 amide bonds. The number of nitrogens with zero attached hydrogens (tertiary/aromatic N) is 2.